The van der Waals surface area contributed by atoms with E-state index in [1.54, 1.807) is 12.1 Å². The maximum Gasteiger partial charge on any atom is 0.238 e. The summed E-state index contributed by atoms with van der Waals surface area (Å²) in [7, 11) is 0. The van der Waals surface area contributed by atoms with Crippen LogP contribution >= 0.6 is 11.6 Å². The van der Waals surface area contributed by atoms with Gasteiger partial charge in [0, 0.05) is 0 Å². The third kappa shape index (κ3) is 1.79. The van der Waals surface area contributed by atoms with Gasteiger partial charge in [0.1, 0.15) is 0 Å². The van der Waals surface area contributed by atoms with Crippen LogP contribution in [-0.4, -0.2) is 11.8 Å². The van der Waals surface area contributed by atoms with E-state index >= 15 is 0 Å². The lowest BCUT2D eigenvalue weighted by Crippen LogP contribution is -2.35. The number of rotatable bonds is 1. The number of fused-ring (bicyclic) bond motifs is 5. The van der Waals surface area contributed by atoms with E-state index in [0.717, 1.165) is 38.5 Å². The van der Waals surface area contributed by atoms with Gasteiger partial charge in [-0.05, 0) is 62.5 Å². The van der Waals surface area contributed by atoms with Crippen molar-refractivity contribution in [3.63, 3.8) is 0 Å². The van der Waals surface area contributed by atoms with Gasteiger partial charge in [0.2, 0.25) is 11.8 Å². The number of carbonyl (C=O) groups excluding carboxylic acids is 2. The molecule has 0 radical (unpaired) electrons. The Kier molecular flexibility index (Phi) is 3.18. The highest BCUT2D eigenvalue weighted by atomic mass is 35.5. The molecule has 4 atom stereocenters. The second-order valence-corrected chi connectivity index (χ2v) is 7.97. The molecular formula is C20H20ClNO2. The molecule has 1 aromatic rings. The number of carbonyl (C=O) groups is 2. The van der Waals surface area contributed by atoms with Crippen LogP contribution in [0.25, 0.3) is 0 Å². The predicted octanol–water partition coefficient (Wildman–Crippen LogP) is 4.36. The Morgan fingerprint density at radius 1 is 0.875 bits per heavy atom. The predicted molar refractivity (Wildman–Crippen MR) is 92.6 cm³/mol. The van der Waals surface area contributed by atoms with Gasteiger partial charge >= 0.3 is 0 Å². The number of halogens is 1. The number of hydrogen-bond acceptors (Lipinski definition) is 2. The Morgan fingerprint density at radius 2 is 1.42 bits per heavy atom. The fourth-order valence-electron chi connectivity index (χ4n) is 5.76. The molecule has 5 rings (SSSR count). The van der Waals surface area contributed by atoms with Gasteiger partial charge in [-0.2, -0.15) is 0 Å². The van der Waals surface area contributed by atoms with E-state index in [4.69, 9.17) is 11.6 Å². The van der Waals surface area contributed by atoms with Crippen molar-refractivity contribution >= 4 is 29.1 Å². The number of nitrogens with zero attached hydrogens (tertiary/aromatic N) is 1. The minimum absolute atomic E-state index is 0.0200. The average Bonchev–Trinajstić information content (AvgIpc) is 3.26. The fourth-order valence-corrected chi connectivity index (χ4v) is 5.98. The standard InChI is InChI=1S/C20H20ClNO2/c21-15-9-1-2-10-16(15)22-19(23)17-13-7-3-5-11(13)12-6-4-8-14(12)18(17)20(22)24/h1-2,9-10,13-14,17-18H,3-8H2/t13-,14-,17-,18+/m1/s1. The lowest BCUT2D eigenvalue weighted by atomic mass is 9.66. The normalized spacial score (nSPS) is 34.6. The molecule has 3 fully saturated rings. The lowest BCUT2D eigenvalue weighted by Gasteiger charge is -2.34. The zero-order valence-corrected chi connectivity index (χ0v) is 14.3. The topological polar surface area (TPSA) is 37.4 Å². The van der Waals surface area contributed by atoms with Crippen molar-refractivity contribution in [3.8, 4) is 0 Å². The monoisotopic (exact) mass is 341 g/mol. The fraction of sp³-hybridized carbons (Fsp3) is 0.500. The van der Waals surface area contributed by atoms with Crippen molar-refractivity contribution in [2.24, 2.45) is 23.7 Å². The van der Waals surface area contributed by atoms with Crippen molar-refractivity contribution in [1.29, 1.82) is 0 Å². The van der Waals surface area contributed by atoms with Crippen molar-refractivity contribution in [3.05, 3.63) is 40.4 Å². The van der Waals surface area contributed by atoms with E-state index < -0.39 is 0 Å². The Bertz CT molecular complexity index is 742. The number of para-hydroxylation sites is 1. The maximum absolute atomic E-state index is 13.3. The second-order valence-electron chi connectivity index (χ2n) is 7.56. The van der Waals surface area contributed by atoms with Crippen molar-refractivity contribution in [2.45, 2.75) is 38.5 Å². The van der Waals surface area contributed by atoms with Crippen LogP contribution in [0.4, 0.5) is 5.69 Å². The number of hydrogen-bond donors (Lipinski definition) is 0. The summed E-state index contributed by atoms with van der Waals surface area (Å²) in [6.45, 7) is 0. The molecule has 4 aliphatic rings. The summed E-state index contributed by atoms with van der Waals surface area (Å²) in [5, 5.41) is 0.476. The van der Waals surface area contributed by atoms with E-state index in [1.165, 1.54) is 16.0 Å². The highest BCUT2D eigenvalue weighted by Crippen LogP contribution is 2.58. The molecule has 4 heteroatoms. The summed E-state index contributed by atoms with van der Waals surface area (Å²) in [6.07, 6.45) is 6.70. The van der Waals surface area contributed by atoms with Crippen LogP contribution in [0.15, 0.2) is 35.4 Å². The number of allylic oxidation sites excluding steroid dienone is 2. The highest BCUT2D eigenvalue weighted by molar-refractivity contribution is 6.36. The Hall–Kier alpha value is -1.61. The zero-order valence-electron chi connectivity index (χ0n) is 13.5. The molecule has 1 heterocycles. The summed E-state index contributed by atoms with van der Waals surface area (Å²) in [5.74, 6) is 0.240. The molecule has 1 aromatic carbocycles. The molecular weight excluding hydrogens is 322 g/mol. The van der Waals surface area contributed by atoms with Crippen molar-refractivity contribution < 1.29 is 9.59 Å². The van der Waals surface area contributed by atoms with Crippen LogP contribution < -0.4 is 4.90 Å². The Labute approximate surface area is 146 Å². The van der Waals surface area contributed by atoms with Crippen molar-refractivity contribution in [2.75, 3.05) is 4.90 Å². The molecule has 124 valence electrons. The first-order valence-electron chi connectivity index (χ1n) is 9.02. The smallest absolute Gasteiger partial charge is 0.238 e. The first-order chi connectivity index (χ1) is 11.7. The van der Waals surface area contributed by atoms with Crippen LogP contribution in [0.5, 0.6) is 0 Å². The largest absolute Gasteiger partial charge is 0.274 e. The third-order valence-electron chi connectivity index (χ3n) is 6.59. The average molecular weight is 342 g/mol. The van der Waals surface area contributed by atoms with Crippen LogP contribution in [-0.2, 0) is 9.59 Å². The minimum Gasteiger partial charge on any atom is -0.274 e. The minimum atomic E-state index is -0.155. The van der Waals surface area contributed by atoms with E-state index in [1.807, 2.05) is 12.1 Å². The lowest BCUT2D eigenvalue weighted by molar-refractivity contribution is -0.122. The molecule has 3 aliphatic carbocycles. The molecule has 1 aliphatic heterocycles. The van der Waals surface area contributed by atoms with Gasteiger partial charge in [0.25, 0.3) is 0 Å². The summed E-state index contributed by atoms with van der Waals surface area (Å²) in [4.78, 5) is 27.9. The first kappa shape index (κ1) is 14.7. The van der Waals surface area contributed by atoms with Gasteiger partial charge in [0.15, 0.2) is 0 Å². The quantitative estimate of drug-likeness (QED) is 0.562. The summed E-state index contributed by atoms with van der Waals surface area (Å²) >= 11 is 6.30. The van der Waals surface area contributed by atoms with Gasteiger partial charge in [-0.15, -0.1) is 0 Å². The third-order valence-corrected chi connectivity index (χ3v) is 6.91. The van der Waals surface area contributed by atoms with Crippen LogP contribution in [0.2, 0.25) is 5.02 Å². The molecule has 0 aromatic heterocycles. The Balaban J connectivity index is 1.63. The van der Waals surface area contributed by atoms with Gasteiger partial charge in [-0.25, -0.2) is 4.90 Å². The van der Waals surface area contributed by atoms with Crippen LogP contribution in [0.3, 0.4) is 0 Å². The molecule has 0 spiro atoms. The van der Waals surface area contributed by atoms with Gasteiger partial charge < -0.3 is 0 Å². The van der Waals surface area contributed by atoms with Gasteiger partial charge in [-0.3, -0.25) is 9.59 Å². The van der Waals surface area contributed by atoms with E-state index in [-0.39, 0.29) is 23.7 Å². The summed E-state index contributed by atoms with van der Waals surface area (Å²) in [6, 6.07) is 7.20. The molecule has 2 amide bonds. The molecule has 1 saturated heterocycles. The summed E-state index contributed by atoms with van der Waals surface area (Å²) in [5.41, 5.74) is 3.62. The van der Waals surface area contributed by atoms with Gasteiger partial charge in [-0.1, -0.05) is 34.9 Å². The van der Waals surface area contributed by atoms with Crippen molar-refractivity contribution in [1.82, 2.24) is 0 Å². The van der Waals surface area contributed by atoms with Crippen LogP contribution in [0, 0.1) is 23.7 Å². The number of amides is 2. The number of anilines is 1. The Morgan fingerprint density at radius 3 is 1.96 bits per heavy atom. The maximum atomic E-state index is 13.3. The van der Waals surface area contributed by atoms with Crippen LogP contribution in [0.1, 0.15) is 38.5 Å². The SMILES string of the molecule is O=C1[C@@H]2[C@H](C(=O)N1c1ccccc1Cl)[C@@H]1CCCC1=C1CCC[C@H]12. The number of benzene rings is 1. The molecule has 0 N–H and O–H groups in total. The number of imide groups is 1. The highest BCUT2D eigenvalue weighted by Gasteiger charge is 2.59. The second kappa shape index (κ2) is 5.19. The zero-order chi connectivity index (χ0) is 16.4. The molecule has 24 heavy (non-hydrogen) atoms. The molecule has 0 bridgehead atoms. The molecule has 3 nitrogen and oxygen atoms in total. The molecule has 0 unspecified atom stereocenters. The van der Waals surface area contributed by atoms with Gasteiger partial charge in [0.05, 0.1) is 22.5 Å². The van der Waals surface area contributed by atoms with E-state index in [2.05, 4.69) is 0 Å². The van der Waals surface area contributed by atoms with E-state index in [9.17, 15) is 9.59 Å². The molecule has 2 saturated carbocycles. The first-order valence-corrected chi connectivity index (χ1v) is 9.40. The van der Waals surface area contributed by atoms with E-state index in [0.29, 0.717) is 22.5 Å². The summed E-state index contributed by atoms with van der Waals surface area (Å²) < 4.78 is 0.